The number of carboxylic acid groups (broad SMARTS) is 1. The summed E-state index contributed by atoms with van der Waals surface area (Å²) in [5.74, 6) is -1.39. The summed E-state index contributed by atoms with van der Waals surface area (Å²) in [6.07, 6.45) is 6.38. The van der Waals surface area contributed by atoms with Gasteiger partial charge in [0.2, 0.25) is 5.91 Å². The van der Waals surface area contributed by atoms with Gasteiger partial charge in [0, 0.05) is 6.42 Å². The molecule has 0 saturated heterocycles. The molecule has 1 unspecified atom stereocenters. The summed E-state index contributed by atoms with van der Waals surface area (Å²) in [5.41, 5.74) is 0.877. The summed E-state index contributed by atoms with van der Waals surface area (Å²) in [6, 6.07) is 8.35. The summed E-state index contributed by atoms with van der Waals surface area (Å²) >= 11 is 0. The highest BCUT2D eigenvalue weighted by atomic mass is 16.5. The molecule has 1 amide bonds. The van der Waals surface area contributed by atoms with Gasteiger partial charge >= 0.3 is 5.97 Å². The quantitative estimate of drug-likeness (QED) is 0.752. The molecule has 1 fully saturated rings. The fourth-order valence-corrected chi connectivity index (χ4v) is 3.07. The maximum Gasteiger partial charge on any atom is 0.326 e. The topological polar surface area (TPSA) is 75.6 Å². The van der Waals surface area contributed by atoms with Gasteiger partial charge in [-0.3, -0.25) is 4.79 Å². The number of benzene rings is 1. The third-order valence-corrected chi connectivity index (χ3v) is 4.47. The summed E-state index contributed by atoms with van der Waals surface area (Å²) < 4.78 is 5.86. The number of hydrogen-bond donors (Lipinski definition) is 2. The zero-order valence-electron chi connectivity index (χ0n) is 14.2. The fourth-order valence-electron chi connectivity index (χ4n) is 3.07. The first-order valence-corrected chi connectivity index (χ1v) is 8.79. The largest absolute Gasteiger partial charge is 0.480 e. The second kappa shape index (κ2) is 9.42. The minimum atomic E-state index is -1.03. The van der Waals surface area contributed by atoms with Crippen molar-refractivity contribution in [2.75, 3.05) is 0 Å². The van der Waals surface area contributed by atoms with Gasteiger partial charge in [-0.15, -0.1) is 0 Å². The van der Waals surface area contributed by atoms with Crippen LogP contribution in [0.2, 0.25) is 0 Å². The lowest BCUT2D eigenvalue weighted by Gasteiger charge is -2.22. The lowest BCUT2D eigenvalue weighted by Crippen LogP contribution is -2.47. The first kappa shape index (κ1) is 18.5. The van der Waals surface area contributed by atoms with E-state index >= 15 is 0 Å². The van der Waals surface area contributed by atoms with E-state index in [0.717, 1.165) is 31.2 Å². The van der Waals surface area contributed by atoms with Crippen LogP contribution in [0.4, 0.5) is 0 Å². The zero-order chi connectivity index (χ0) is 17.4. The second-order valence-electron chi connectivity index (χ2n) is 6.48. The Bertz CT molecular complexity index is 523. The van der Waals surface area contributed by atoms with Crippen molar-refractivity contribution >= 4 is 11.9 Å². The van der Waals surface area contributed by atoms with E-state index in [1.54, 1.807) is 6.92 Å². The first-order chi connectivity index (χ1) is 11.6. The highest BCUT2D eigenvalue weighted by Gasteiger charge is 2.25. The van der Waals surface area contributed by atoms with Crippen molar-refractivity contribution in [3.8, 4) is 0 Å². The molecule has 2 rings (SSSR count). The Morgan fingerprint density at radius 1 is 1.17 bits per heavy atom. The van der Waals surface area contributed by atoms with Gasteiger partial charge in [0.1, 0.15) is 12.1 Å². The molecule has 0 aromatic heterocycles. The average molecular weight is 333 g/mol. The Labute approximate surface area is 143 Å². The van der Waals surface area contributed by atoms with Gasteiger partial charge < -0.3 is 15.2 Å². The third-order valence-electron chi connectivity index (χ3n) is 4.47. The highest BCUT2D eigenvalue weighted by molar-refractivity contribution is 5.86. The molecular weight excluding hydrogens is 306 g/mol. The number of rotatable bonds is 7. The Kier molecular flexibility index (Phi) is 7.25. The van der Waals surface area contributed by atoms with E-state index in [2.05, 4.69) is 5.32 Å². The minimum absolute atomic E-state index is 0.102. The summed E-state index contributed by atoms with van der Waals surface area (Å²) in [5, 5.41) is 12.0. The van der Waals surface area contributed by atoms with Gasteiger partial charge in [0.15, 0.2) is 0 Å². The molecule has 1 aromatic rings. The molecule has 24 heavy (non-hydrogen) atoms. The highest BCUT2D eigenvalue weighted by Crippen LogP contribution is 2.21. The number of amides is 1. The number of ether oxygens (including phenoxy) is 1. The number of nitrogens with one attached hydrogen (secondary N) is 1. The van der Waals surface area contributed by atoms with E-state index in [0.29, 0.717) is 0 Å². The van der Waals surface area contributed by atoms with Crippen LogP contribution in [-0.4, -0.2) is 35.2 Å². The molecule has 0 spiro atoms. The Morgan fingerprint density at radius 2 is 1.79 bits per heavy atom. The summed E-state index contributed by atoms with van der Waals surface area (Å²) in [4.78, 5) is 23.8. The van der Waals surface area contributed by atoms with Crippen LogP contribution in [-0.2, 0) is 20.7 Å². The normalized spacial score (nSPS) is 18.4. The van der Waals surface area contributed by atoms with Crippen molar-refractivity contribution in [3.63, 3.8) is 0 Å². The van der Waals surface area contributed by atoms with Crippen LogP contribution in [0.25, 0.3) is 0 Å². The Hall–Kier alpha value is -1.88. The van der Waals surface area contributed by atoms with Gasteiger partial charge in [0.05, 0.1) is 6.10 Å². The molecule has 5 heteroatoms. The van der Waals surface area contributed by atoms with Gasteiger partial charge in [-0.1, -0.05) is 56.0 Å². The van der Waals surface area contributed by atoms with Crippen molar-refractivity contribution in [3.05, 3.63) is 35.9 Å². The smallest absolute Gasteiger partial charge is 0.326 e. The van der Waals surface area contributed by atoms with Crippen molar-refractivity contribution in [1.82, 2.24) is 5.32 Å². The molecule has 0 bridgehead atoms. The van der Waals surface area contributed by atoms with Gasteiger partial charge in [-0.2, -0.15) is 0 Å². The van der Waals surface area contributed by atoms with E-state index in [9.17, 15) is 14.7 Å². The van der Waals surface area contributed by atoms with E-state index in [4.69, 9.17) is 4.74 Å². The Balaban J connectivity index is 1.88. The molecule has 1 aliphatic rings. The molecule has 5 nitrogen and oxygen atoms in total. The van der Waals surface area contributed by atoms with Crippen LogP contribution in [0, 0.1) is 0 Å². The number of hydrogen-bond acceptors (Lipinski definition) is 3. The average Bonchev–Trinajstić information content (AvgIpc) is 2.83. The number of carboxylic acids is 1. The number of aliphatic carboxylic acids is 1. The minimum Gasteiger partial charge on any atom is -0.480 e. The lowest BCUT2D eigenvalue weighted by molar-refractivity contribution is -0.145. The van der Waals surface area contributed by atoms with Crippen molar-refractivity contribution < 1.29 is 19.4 Å². The maximum atomic E-state index is 12.3. The molecule has 1 aliphatic carbocycles. The molecule has 2 atom stereocenters. The van der Waals surface area contributed by atoms with E-state index in [1.165, 1.54) is 12.8 Å². The van der Waals surface area contributed by atoms with Crippen molar-refractivity contribution in [2.24, 2.45) is 0 Å². The molecular formula is C19H27NO4. The maximum absolute atomic E-state index is 12.3. The fraction of sp³-hybridized carbons (Fsp3) is 0.579. The molecule has 0 aliphatic heterocycles. The van der Waals surface area contributed by atoms with Crippen molar-refractivity contribution in [1.29, 1.82) is 0 Å². The molecule has 1 saturated carbocycles. The van der Waals surface area contributed by atoms with Crippen LogP contribution in [0.15, 0.2) is 30.3 Å². The second-order valence-corrected chi connectivity index (χ2v) is 6.48. The summed E-state index contributed by atoms with van der Waals surface area (Å²) in [6.45, 7) is 1.70. The molecule has 2 N–H and O–H groups in total. The number of carbonyl (C=O) groups is 2. The van der Waals surface area contributed by atoms with Crippen LogP contribution >= 0.6 is 0 Å². The van der Waals surface area contributed by atoms with Gasteiger partial charge in [0.25, 0.3) is 0 Å². The van der Waals surface area contributed by atoms with E-state index in [-0.39, 0.29) is 18.4 Å². The standard InChI is InChI=1S/C19H27NO4/c1-14(24-16-11-7-2-3-8-12-16)18(21)20-17(19(22)23)13-15-9-5-4-6-10-15/h4-6,9-10,14,16-17H,2-3,7-8,11-13H2,1H3,(H,20,21)(H,22,23)/t14?,17-/m1/s1. The SMILES string of the molecule is CC(OC1CCCCCC1)C(=O)N[C@H](Cc1ccccc1)C(=O)O. The summed E-state index contributed by atoms with van der Waals surface area (Å²) in [7, 11) is 0. The van der Waals surface area contributed by atoms with Crippen LogP contribution in [0.5, 0.6) is 0 Å². The molecule has 0 radical (unpaired) electrons. The van der Waals surface area contributed by atoms with Crippen LogP contribution < -0.4 is 5.32 Å². The first-order valence-electron chi connectivity index (χ1n) is 8.79. The monoisotopic (exact) mass is 333 g/mol. The van der Waals surface area contributed by atoms with E-state index < -0.39 is 18.1 Å². The zero-order valence-corrected chi connectivity index (χ0v) is 14.2. The molecule has 0 heterocycles. The predicted octanol–water partition coefficient (Wildman–Crippen LogP) is 2.93. The Morgan fingerprint density at radius 3 is 2.38 bits per heavy atom. The third kappa shape index (κ3) is 5.96. The number of carbonyl (C=O) groups excluding carboxylic acids is 1. The van der Waals surface area contributed by atoms with Crippen LogP contribution in [0.3, 0.4) is 0 Å². The van der Waals surface area contributed by atoms with E-state index in [1.807, 2.05) is 30.3 Å². The van der Waals surface area contributed by atoms with Crippen molar-refractivity contribution in [2.45, 2.75) is 70.1 Å². The van der Waals surface area contributed by atoms with Gasteiger partial charge in [-0.05, 0) is 25.3 Å². The predicted molar refractivity (Wildman–Crippen MR) is 91.7 cm³/mol. The van der Waals surface area contributed by atoms with Crippen LogP contribution in [0.1, 0.15) is 51.0 Å². The molecule has 1 aromatic carbocycles. The van der Waals surface area contributed by atoms with Gasteiger partial charge in [-0.25, -0.2) is 4.79 Å². The molecule has 132 valence electrons. The lowest BCUT2D eigenvalue weighted by atomic mass is 10.1.